The van der Waals surface area contributed by atoms with Crippen molar-refractivity contribution in [3.05, 3.63) is 35.4 Å². The first-order valence-electron chi connectivity index (χ1n) is 6.24. The van der Waals surface area contributed by atoms with Crippen molar-refractivity contribution >= 4 is 6.03 Å². The highest BCUT2D eigenvalue weighted by Crippen LogP contribution is 2.20. The van der Waals surface area contributed by atoms with Crippen LogP contribution in [-0.4, -0.2) is 41.4 Å². The van der Waals surface area contributed by atoms with Crippen LogP contribution in [-0.2, 0) is 6.54 Å². The number of aliphatic hydroxyl groups is 1. The standard InChI is InChI=1S/C13H15F3N2O2/c14-9-4-10(7-19)18(6-9)13(20)17-5-8-1-2-11(15)12(16)3-8/h1-3,9-10,19H,4-7H2,(H,17,20). The molecular formula is C13H15F3N2O2. The Morgan fingerprint density at radius 1 is 1.40 bits per heavy atom. The van der Waals surface area contributed by atoms with Gasteiger partial charge in [0.1, 0.15) is 6.17 Å². The summed E-state index contributed by atoms with van der Waals surface area (Å²) in [4.78, 5) is 13.1. The SMILES string of the molecule is O=C(NCc1ccc(F)c(F)c1)N1CC(F)CC1CO. The van der Waals surface area contributed by atoms with Crippen LogP contribution >= 0.6 is 0 Å². The van der Waals surface area contributed by atoms with Crippen LogP contribution in [0, 0.1) is 11.6 Å². The Bertz CT molecular complexity index is 499. The topological polar surface area (TPSA) is 52.6 Å². The van der Waals surface area contributed by atoms with E-state index < -0.39 is 29.9 Å². The average molecular weight is 288 g/mol. The number of rotatable bonds is 3. The lowest BCUT2D eigenvalue weighted by atomic mass is 10.2. The van der Waals surface area contributed by atoms with Gasteiger partial charge in [0, 0.05) is 13.0 Å². The molecule has 110 valence electrons. The first-order chi connectivity index (χ1) is 9.51. The molecule has 0 radical (unpaired) electrons. The number of carbonyl (C=O) groups is 1. The van der Waals surface area contributed by atoms with Gasteiger partial charge in [0.2, 0.25) is 0 Å². The van der Waals surface area contributed by atoms with Gasteiger partial charge in [-0.3, -0.25) is 0 Å². The molecular weight excluding hydrogens is 273 g/mol. The molecule has 0 saturated carbocycles. The van der Waals surface area contributed by atoms with Crippen LogP contribution in [0.5, 0.6) is 0 Å². The largest absolute Gasteiger partial charge is 0.394 e. The van der Waals surface area contributed by atoms with E-state index in [9.17, 15) is 18.0 Å². The third-order valence-electron chi connectivity index (χ3n) is 3.26. The fourth-order valence-electron chi connectivity index (χ4n) is 2.21. The summed E-state index contributed by atoms with van der Waals surface area (Å²) < 4.78 is 38.9. The second kappa shape index (κ2) is 6.13. The minimum absolute atomic E-state index is 0.00162. The maximum absolute atomic E-state index is 13.2. The summed E-state index contributed by atoms with van der Waals surface area (Å²) in [6.07, 6.45) is -1.05. The zero-order chi connectivity index (χ0) is 14.7. The maximum atomic E-state index is 13.2. The molecule has 7 heteroatoms. The minimum atomic E-state index is -1.15. The van der Waals surface area contributed by atoms with Crippen molar-refractivity contribution in [1.82, 2.24) is 10.2 Å². The molecule has 2 rings (SSSR count). The van der Waals surface area contributed by atoms with Gasteiger partial charge in [0.25, 0.3) is 0 Å². The van der Waals surface area contributed by atoms with E-state index in [0.717, 1.165) is 12.1 Å². The molecule has 1 aromatic carbocycles. The number of likely N-dealkylation sites (tertiary alicyclic amines) is 1. The zero-order valence-corrected chi connectivity index (χ0v) is 10.7. The minimum Gasteiger partial charge on any atom is -0.394 e. The number of aliphatic hydroxyl groups excluding tert-OH is 1. The van der Waals surface area contributed by atoms with Gasteiger partial charge in [-0.15, -0.1) is 0 Å². The van der Waals surface area contributed by atoms with Gasteiger partial charge in [-0.05, 0) is 17.7 Å². The van der Waals surface area contributed by atoms with E-state index >= 15 is 0 Å². The molecule has 0 aromatic heterocycles. The Morgan fingerprint density at radius 3 is 2.80 bits per heavy atom. The predicted molar refractivity (Wildman–Crippen MR) is 65.7 cm³/mol. The van der Waals surface area contributed by atoms with Crippen molar-refractivity contribution in [3.63, 3.8) is 0 Å². The third kappa shape index (κ3) is 3.22. The lowest BCUT2D eigenvalue weighted by Crippen LogP contribution is -2.44. The van der Waals surface area contributed by atoms with Crippen molar-refractivity contribution in [2.75, 3.05) is 13.2 Å². The Balaban J connectivity index is 1.93. The van der Waals surface area contributed by atoms with Crippen LogP contribution in [0.1, 0.15) is 12.0 Å². The van der Waals surface area contributed by atoms with E-state index in [1.165, 1.54) is 11.0 Å². The van der Waals surface area contributed by atoms with Crippen LogP contribution in [0.15, 0.2) is 18.2 Å². The monoisotopic (exact) mass is 288 g/mol. The summed E-state index contributed by atoms with van der Waals surface area (Å²) in [6.45, 7) is -0.379. The molecule has 4 nitrogen and oxygen atoms in total. The fraction of sp³-hybridized carbons (Fsp3) is 0.462. The smallest absolute Gasteiger partial charge is 0.318 e. The van der Waals surface area contributed by atoms with Crippen molar-refractivity contribution in [1.29, 1.82) is 0 Å². The molecule has 1 aliphatic rings. The van der Waals surface area contributed by atoms with Gasteiger partial charge >= 0.3 is 6.03 Å². The number of nitrogens with zero attached hydrogens (tertiary/aromatic N) is 1. The number of alkyl halides is 1. The van der Waals surface area contributed by atoms with Gasteiger partial charge in [-0.25, -0.2) is 18.0 Å². The molecule has 0 bridgehead atoms. The Hall–Kier alpha value is -1.76. The fourth-order valence-corrected chi connectivity index (χ4v) is 2.21. The Labute approximate surface area is 114 Å². The second-order valence-corrected chi connectivity index (χ2v) is 4.73. The highest BCUT2D eigenvalue weighted by atomic mass is 19.2. The molecule has 20 heavy (non-hydrogen) atoms. The molecule has 2 amide bonds. The number of hydrogen-bond donors (Lipinski definition) is 2. The van der Waals surface area contributed by atoms with Crippen LogP contribution in [0.3, 0.4) is 0 Å². The van der Waals surface area contributed by atoms with Crippen molar-refractivity contribution < 1.29 is 23.1 Å². The van der Waals surface area contributed by atoms with Crippen molar-refractivity contribution in [3.8, 4) is 0 Å². The molecule has 0 spiro atoms. The van der Waals surface area contributed by atoms with E-state index in [2.05, 4.69) is 5.32 Å². The molecule has 0 aliphatic carbocycles. The summed E-state index contributed by atoms with van der Waals surface area (Å²) >= 11 is 0. The molecule has 1 heterocycles. The van der Waals surface area contributed by atoms with E-state index in [4.69, 9.17) is 5.11 Å². The number of nitrogens with one attached hydrogen (secondary N) is 1. The number of carbonyl (C=O) groups excluding carboxylic acids is 1. The summed E-state index contributed by atoms with van der Waals surface area (Å²) in [5.41, 5.74) is 0.397. The van der Waals surface area contributed by atoms with E-state index in [0.29, 0.717) is 5.56 Å². The van der Waals surface area contributed by atoms with E-state index in [-0.39, 0.29) is 26.1 Å². The number of benzene rings is 1. The quantitative estimate of drug-likeness (QED) is 0.887. The van der Waals surface area contributed by atoms with Crippen LogP contribution in [0.25, 0.3) is 0 Å². The Kier molecular flexibility index (Phi) is 4.49. The normalized spacial score (nSPS) is 22.1. The summed E-state index contributed by atoms with van der Waals surface area (Å²) in [5, 5.41) is 11.6. The van der Waals surface area contributed by atoms with Crippen LogP contribution < -0.4 is 5.32 Å². The average Bonchev–Trinajstić information content (AvgIpc) is 2.81. The van der Waals surface area contributed by atoms with Gasteiger partial charge in [-0.2, -0.15) is 0 Å². The van der Waals surface area contributed by atoms with Gasteiger partial charge in [-0.1, -0.05) is 6.07 Å². The molecule has 2 N–H and O–H groups in total. The molecule has 1 fully saturated rings. The highest BCUT2D eigenvalue weighted by Gasteiger charge is 2.34. The first kappa shape index (κ1) is 14.6. The van der Waals surface area contributed by atoms with Crippen LogP contribution in [0.4, 0.5) is 18.0 Å². The molecule has 1 aromatic rings. The second-order valence-electron chi connectivity index (χ2n) is 4.73. The lowest BCUT2D eigenvalue weighted by Gasteiger charge is -2.22. The number of hydrogen-bond acceptors (Lipinski definition) is 2. The molecule has 1 saturated heterocycles. The highest BCUT2D eigenvalue weighted by molar-refractivity contribution is 5.75. The zero-order valence-electron chi connectivity index (χ0n) is 10.7. The van der Waals surface area contributed by atoms with Gasteiger partial charge < -0.3 is 15.3 Å². The predicted octanol–water partition coefficient (Wildman–Crippen LogP) is 1.58. The number of amides is 2. The first-order valence-corrected chi connectivity index (χ1v) is 6.24. The van der Waals surface area contributed by atoms with Gasteiger partial charge in [0.15, 0.2) is 11.6 Å². The molecule has 2 atom stereocenters. The lowest BCUT2D eigenvalue weighted by molar-refractivity contribution is 0.156. The maximum Gasteiger partial charge on any atom is 0.318 e. The van der Waals surface area contributed by atoms with Crippen LogP contribution in [0.2, 0.25) is 0 Å². The number of urea groups is 1. The summed E-state index contributed by atoms with van der Waals surface area (Å²) in [6, 6.07) is 2.23. The summed E-state index contributed by atoms with van der Waals surface area (Å²) in [7, 11) is 0. The van der Waals surface area contributed by atoms with Crippen molar-refractivity contribution in [2.45, 2.75) is 25.2 Å². The number of halogens is 3. The van der Waals surface area contributed by atoms with Gasteiger partial charge in [0.05, 0.1) is 19.2 Å². The van der Waals surface area contributed by atoms with E-state index in [1.807, 2.05) is 0 Å². The third-order valence-corrected chi connectivity index (χ3v) is 3.26. The molecule has 2 unspecified atom stereocenters. The van der Waals surface area contributed by atoms with E-state index in [1.54, 1.807) is 0 Å². The Morgan fingerprint density at radius 2 is 2.15 bits per heavy atom. The molecule has 1 aliphatic heterocycles. The van der Waals surface area contributed by atoms with Crippen molar-refractivity contribution in [2.24, 2.45) is 0 Å². The summed E-state index contributed by atoms with van der Waals surface area (Å²) in [5.74, 6) is -1.95.